The van der Waals surface area contributed by atoms with Gasteiger partial charge in [-0.1, -0.05) is 11.2 Å². The van der Waals surface area contributed by atoms with E-state index < -0.39 is 36.0 Å². The second kappa shape index (κ2) is 9.38. The summed E-state index contributed by atoms with van der Waals surface area (Å²) in [5, 5.41) is 22.0. The van der Waals surface area contributed by atoms with Gasteiger partial charge in [0.2, 0.25) is 0 Å². The lowest BCUT2D eigenvalue weighted by Gasteiger charge is -2.28. The normalized spacial score (nSPS) is 14.8. The predicted molar refractivity (Wildman–Crippen MR) is 107 cm³/mol. The quantitative estimate of drug-likeness (QED) is 0.535. The van der Waals surface area contributed by atoms with Crippen LogP contribution in [0.4, 0.5) is 8.78 Å². The highest BCUT2D eigenvalue weighted by Crippen LogP contribution is 2.29. The molecule has 1 aliphatic heterocycles. The van der Waals surface area contributed by atoms with Crippen molar-refractivity contribution in [2.75, 3.05) is 19.7 Å². The van der Waals surface area contributed by atoms with Gasteiger partial charge in [0, 0.05) is 24.7 Å². The fraction of sp³-hybridized carbons (Fsp3) is 0.286. The largest absolute Gasteiger partial charge is 0.457 e. The van der Waals surface area contributed by atoms with Crippen molar-refractivity contribution in [3.8, 4) is 11.6 Å². The molecule has 33 heavy (non-hydrogen) atoms. The number of carbonyl (C=O) groups is 1. The fourth-order valence-corrected chi connectivity index (χ4v) is 3.41. The Bertz CT molecular complexity index is 1210. The second-order valence-electron chi connectivity index (χ2n) is 7.21. The van der Waals surface area contributed by atoms with Gasteiger partial charge in [0.1, 0.15) is 30.2 Å². The number of aliphatic hydroxyl groups excluding tert-OH is 2. The van der Waals surface area contributed by atoms with Crippen LogP contribution in [0.5, 0.6) is 5.95 Å². The van der Waals surface area contributed by atoms with Crippen LogP contribution in [0.3, 0.4) is 0 Å². The minimum Gasteiger partial charge on any atom is -0.457 e. The summed E-state index contributed by atoms with van der Waals surface area (Å²) in [5.41, 5.74) is 0.430. The van der Waals surface area contributed by atoms with E-state index in [0.29, 0.717) is 11.3 Å². The molecule has 0 aliphatic carbocycles. The number of aromatic nitrogens is 2. The van der Waals surface area contributed by atoms with Gasteiger partial charge in [-0.3, -0.25) is 4.79 Å². The zero-order valence-corrected chi connectivity index (χ0v) is 17.1. The van der Waals surface area contributed by atoms with Gasteiger partial charge in [0.15, 0.2) is 6.10 Å². The molecule has 3 aromatic rings. The number of rotatable bonds is 7. The number of ether oxygens (including phenoxy) is 1. The Hall–Kier alpha value is -3.77. The number of hydrogen-bond acceptors (Lipinski definition) is 8. The van der Waals surface area contributed by atoms with Gasteiger partial charge in [-0.15, -0.1) is 0 Å². The van der Waals surface area contributed by atoms with Gasteiger partial charge in [-0.2, -0.15) is 0 Å². The van der Waals surface area contributed by atoms with Crippen LogP contribution >= 0.6 is 0 Å². The zero-order chi connectivity index (χ0) is 23.5. The van der Waals surface area contributed by atoms with Crippen molar-refractivity contribution in [1.29, 1.82) is 0 Å². The SMILES string of the molecule is O=C(C(O)CO)N1CC=C(c2c(F)cc(-n3cc(OCc4ccon4)oc3=O)cc2F)CC1. The standard InChI is InChI=1S/C21H19F2N3O7/c22-15-7-14(26-9-18(33-21(26)30)31-11-13-3-6-32-24-13)8-16(23)19(15)12-1-4-25(5-2-12)20(29)17(28)10-27/h1,3,6-9,17,27-28H,2,4-5,10-11H2. The van der Waals surface area contributed by atoms with Crippen molar-refractivity contribution in [3.05, 3.63) is 70.2 Å². The van der Waals surface area contributed by atoms with E-state index in [9.17, 15) is 23.5 Å². The van der Waals surface area contributed by atoms with Crippen molar-refractivity contribution in [2.45, 2.75) is 19.1 Å². The summed E-state index contributed by atoms with van der Waals surface area (Å²) in [6.45, 7) is -0.597. The molecule has 12 heteroatoms. The molecule has 1 amide bonds. The molecule has 0 saturated heterocycles. The van der Waals surface area contributed by atoms with Gasteiger partial charge in [-0.25, -0.2) is 18.1 Å². The minimum absolute atomic E-state index is 0.0270. The minimum atomic E-state index is -1.54. The van der Waals surface area contributed by atoms with Crippen LogP contribution in [0.25, 0.3) is 11.3 Å². The van der Waals surface area contributed by atoms with E-state index in [1.807, 2.05) is 0 Å². The maximum atomic E-state index is 14.9. The molecule has 2 N–H and O–H groups in total. The third kappa shape index (κ3) is 4.71. The Labute approximate surface area is 184 Å². The maximum Gasteiger partial charge on any atom is 0.426 e. The molecule has 1 unspecified atom stereocenters. The van der Waals surface area contributed by atoms with Crippen LogP contribution in [0.1, 0.15) is 17.7 Å². The van der Waals surface area contributed by atoms with Crippen LogP contribution < -0.4 is 10.5 Å². The maximum absolute atomic E-state index is 14.9. The molecule has 0 fully saturated rings. The molecular weight excluding hydrogens is 444 g/mol. The lowest BCUT2D eigenvalue weighted by molar-refractivity contribution is -0.141. The number of aliphatic hydroxyl groups is 2. The van der Waals surface area contributed by atoms with E-state index in [0.717, 1.165) is 22.9 Å². The summed E-state index contributed by atoms with van der Waals surface area (Å²) in [7, 11) is 0. The van der Waals surface area contributed by atoms with Gasteiger partial charge < -0.3 is 28.8 Å². The van der Waals surface area contributed by atoms with Crippen LogP contribution in [0.2, 0.25) is 0 Å². The van der Waals surface area contributed by atoms with Crippen LogP contribution in [0, 0.1) is 11.6 Å². The molecule has 1 aromatic carbocycles. The number of hydrogen-bond donors (Lipinski definition) is 2. The molecule has 2 aromatic heterocycles. The number of carbonyl (C=O) groups excluding carboxylic acids is 1. The molecule has 1 aliphatic rings. The average Bonchev–Trinajstić information content (AvgIpc) is 3.46. The monoisotopic (exact) mass is 463 g/mol. The smallest absolute Gasteiger partial charge is 0.426 e. The van der Waals surface area contributed by atoms with Gasteiger partial charge in [0.05, 0.1) is 18.5 Å². The van der Waals surface area contributed by atoms with E-state index in [-0.39, 0.29) is 43.3 Å². The molecular formula is C21H19F2N3O7. The molecule has 0 saturated carbocycles. The summed E-state index contributed by atoms with van der Waals surface area (Å²) in [6.07, 6.45) is 2.59. The summed E-state index contributed by atoms with van der Waals surface area (Å²) < 4.78 is 45.5. The van der Waals surface area contributed by atoms with E-state index in [4.69, 9.17) is 14.3 Å². The Morgan fingerprint density at radius 3 is 2.67 bits per heavy atom. The van der Waals surface area contributed by atoms with Crippen molar-refractivity contribution in [3.63, 3.8) is 0 Å². The van der Waals surface area contributed by atoms with Gasteiger partial charge >= 0.3 is 11.7 Å². The van der Waals surface area contributed by atoms with Gasteiger partial charge in [-0.05, 0) is 24.1 Å². The van der Waals surface area contributed by atoms with Crippen molar-refractivity contribution >= 4 is 11.5 Å². The Balaban J connectivity index is 1.53. The van der Waals surface area contributed by atoms with Crippen LogP contribution in [0.15, 0.2) is 50.5 Å². The fourth-order valence-electron chi connectivity index (χ4n) is 3.41. The van der Waals surface area contributed by atoms with Crippen LogP contribution in [-0.4, -0.2) is 56.5 Å². The second-order valence-corrected chi connectivity index (χ2v) is 7.21. The van der Waals surface area contributed by atoms with E-state index >= 15 is 0 Å². The first-order chi connectivity index (χ1) is 15.9. The summed E-state index contributed by atoms with van der Waals surface area (Å²) in [5.74, 6) is -3.53. The number of amides is 1. The third-order valence-electron chi connectivity index (χ3n) is 5.08. The van der Waals surface area contributed by atoms with E-state index in [2.05, 4.69) is 9.68 Å². The molecule has 1 atom stereocenters. The van der Waals surface area contributed by atoms with E-state index in [1.54, 1.807) is 6.07 Å². The van der Waals surface area contributed by atoms with Crippen molar-refractivity contribution in [2.24, 2.45) is 0 Å². The lowest BCUT2D eigenvalue weighted by Crippen LogP contribution is -2.42. The van der Waals surface area contributed by atoms with E-state index in [1.165, 1.54) is 17.2 Å². The highest BCUT2D eigenvalue weighted by molar-refractivity contribution is 5.82. The molecule has 10 nitrogen and oxygen atoms in total. The summed E-state index contributed by atoms with van der Waals surface area (Å²) in [6, 6.07) is 3.54. The first-order valence-electron chi connectivity index (χ1n) is 9.88. The highest BCUT2D eigenvalue weighted by atomic mass is 19.1. The topological polar surface area (TPSA) is 131 Å². The number of halogens is 2. The molecule has 0 bridgehead atoms. The molecule has 0 radical (unpaired) electrons. The average molecular weight is 463 g/mol. The third-order valence-corrected chi connectivity index (χ3v) is 5.08. The number of benzene rings is 1. The highest BCUT2D eigenvalue weighted by Gasteiger charge is 2.26. The van der Waals surface area contributed by atoms with Crippen LogP contribution in [-0.2, 0) is 11.4 Å². The Morgan fingerprint density at radius 1 is 1.30 bits per heavy atom. The first kappa shape index (κ1) is 22.4. The molecule has 0 spiro atoms. The number of nitrogens with zero attached hydrogens (tertiary/aromatic N) is 3. The van der Waals surface area contributed by atoms with Crippen molar-refractivity contribution < 1.29 is 37.5 Å². The van der Waals surface area contributed by atoms with Gasteiger partial charge in [0.25, 0.3) is 5.91 Å². The Morgan fingerprint density at radius 2 is 2.06 bits per heavy atom. The predicted octanol–water partition coefficient (Wildman–Crippen LogP) is 1.24. The summed E-state index contributed by atoms with van der Waals surface area (Å²) >= 11 is 0. The zero-order valence-electron chi connectivity index (χ0n) is 17.1. The summed E-state index contributed by atoms with van der Waals surface area (Å²) in [4.78, 5) is 25.4. The first-order valence-corrected chi connectivity index (χ1v) is 9.88. The molecule has 174 valence electrons. The Kier molecular flexibility index (Phi) is 6.38. The lowest BCUT2D eigenvalue weighted by atomic mass is 9.97. The molecule has 3 heterocycles. The molecule has 4 rings (SSSR count). The number of oxazole rings is 1. The van der Waals surface area contributed by atoms with Crippen molar-refractivity contribution in [1.82, 2.24) is 14.6 Å².